The van der Waals surface area contributed by atoms with E-state index in [1.807, 2.05) is 0 Å². The number of benzene rings is 1. The molecule has 0 radical (unpaired) electrons. The molecule has 0 atom stereocenters. The minimum Gasteiger partial charge on any atom is -0.395 e. The van der Waals surface area contributed by atoms with Crippen molar-refractivity contribution in [3.05, 3.63) is 24.3 Å². The second-order valence-electron chi connectivity index (χ2n) is 4.00. The average molecular weight is 308 g/mol. The van der Waals surface area contributed by atoms with Crippen molar-refractivity contribution in [3.8, 4) is 0 Å². The molecule has 0 fully saturated rings. The number of sulfonamides is 1. The Morgan fingerprint density at radius 3 is 2.55 bits per heavy atom. The lowest BCUT2D eigenvalue weighted by molar-refractivity contribution is 0.113. The minimum absolute atomic E-state index is 0.0732. The van der Waals surface area contributed by atoms with E-state index in [9.17, 15) is 17.2 Å². The fourth-order valence-electron chi connectivity index (χ4n) is 1.74. The molecular formula is C12H18F2N2O3S. The molecule has 0 aliphatic heterocycles. The van der Waals surface area contributed by atoms with Crippen molar-refractivity contribution in [2.24, 2.45) is 0 Å². The van der Waals surface area contributed by atoms with E-state index in [-0.39, 0.29) is 11.4 Å². The molecule has 2 N–H and O–H groups in total. The van der Waals surface area contributed by atoms with Crippen LogP contribution in [0.2, 0.25) is 0 Å². The first-order valence-electron chi connectivity index (χ1n) is 6.15. The SMILES string of the molecule is CCNc1ccccc1S(=O)(=O)N(CCO)CC(F)F. The van der Waals surface area contributed by atoms with Gasteiger partial charge in [-0.05, 0) is 19.1 Å². The molecule has 5 nitrogen and oxygen atoms in total. The van der Waals surface area contributed by atoms with Crippen LogP contribution in [0.25, 0.3) is 0 Å². The highest BCUT2D eigenvalue weighted by Gasteiger charge is 2.28. The molecule has 0 saturated heterocycles. The number of aliphatic hydroxyl groups is 1. The van der Waals surface area contributed by atoms with Crippen LogP contribution in [0.5, 0.6) is 0 Å². The van der Waals surface area contributed by atoms with Crippen LogP contribution in [-0.4, -0.2) is 50.5 Å². The molecule has 0 aliphatic rings. The Labute approximate surface area is 117 Å². The van der Waals surface area contributed by atoms with Crippen molar-refractivity contribution in [1.29, 1.82) is 0 Å². The summed E-state index contributed by atoms with van der Waals surface area (Å²) in [6.45, 7) is 0.473. The maximum absolute atomic E-state index is 12.5. The number of hydrogen-bond donors (Lipinski definition) is 2. The number of anilines is 1. The van der Waals surface area contributed by atoms with Crippen LogP contribution in [0.1, 0.15) is 6.92 Å². The van der Waals surface area contributed by atoms with Crippen LogP contribution in [-0.2, 0) is 10.0 Å². The molecule has 1 aromatic carbocycles. The summed E-state index contributed by atoms with van der Waals surface area (Å²) in [5.74, 6) is 0. The second kappa shape index (κ2) is 7.51. The Morgan fingerprint density at radius 1 is 1.35 bits per heavy atom. The molecule has 0 heterocycles. The van der Waals surface area contributed by atoms with Crippen LogP contribution in [0, 0.1) is 0 Å². The predicted molar refractivity (Wildman–Crippen MR) is 72.5 cm³/mol. The number of nitrogens with zero attached hydrogens (tertiary/aromatic N) is 1. The third-order valence-electron chi connectivity index (χ3n) is 2.56. The van der Waals surface area contributed by atoms with Crippen LogP contribution in [0.3, 0.4) is 0 Å². The standard InChI is InChI=1S/C12H18F2N2O3S/c1-2-15-10-5-3-4-6-11(10)20(18,19)16(7-8-17)9-12(13)14/h3-6,12,15,17H,2,7-9H2,1H3. The number of aliphatic hydroxyl groups excluding tert-OH is 1. The summed E-state index contributed by atoms with van der Waals surface area (Å²) in [7, 11) is -4.08. The number of para-hydroxylation sites is 1. The first kappa shape index (κ1) is 16.8. The summed E-state index contributed by atoms with van der Waals surface area (Å²) in [6, 6.07) is 6.09. The molecular weight excluding hydrogens is 290 g/mol. The average Bonchev–Trinajstić information content (AvgIpc) is 2.38. The van der Waals surface area contributed by atoms with Crippen LogP contribution in [0.4, 0.5) is 14.5 Å². The van der Waals surface area contributed by atoms with E-state index in [4.69, 9.17) is 5.11 Å². The van der Waals surface area contributed by atoms with Gasteiger partial charge in [0.2, 0.25) is 10.0 Å². The first-order chi connectivity index (χ1) is 9.43. The Hall–Kier alpha value is -1.25. The molecule has 0 unspecified atom stereocenters. The lowest BCUT2D eigenvalue weighted by Gasteiger charge is -2.22. The van der Waals surface area contributed by atoms with Gasteiger partial charge in [0, 0.05) is 13.1 Å². The molecule has 0 spiro atoms. The van der Waals surface area contributed by atoms with Gasteiger partial charge in [-0.3, -0.25) is 0 Å². The topological polar surface area (TPSA) is 69.6 Å². The van der Waals surface area contributed by atoms with E-state index < -0.39 is 29.6 Å². The zero-order valence-corrected chi connectivity index (χ0v) is 11.9. The van der Waals surface area contributed by atoms with Gasteiger partial charge >= 0.3 is 0 Å². The summed E-state index contributed by atoms with van der Waals surface area (Å²) in [6.07, 6.45) is -2.80. The molecule has 1 rings (SSSR count). The smallest absolute Gasteiger partial charge is 0.252 e. The summed E-state index contributed by atoms with van der Waals surface area (Å²) in [4.78, 5) is -0.0732. The lowest BCUT2D eigenvalue weighted by Crippen LogP contribution is -2.37. The fraction of sp³-hybridized carbons (Fsp3) is 0.500. The van der Waals surface area contributed by atoms with E-state index >= 15 is 0 Å². The molecule has 0 amide bonds. The summed E-state index contributed by atoms with van der Waals surface area (Å²) in [5, 5.41) is 11.7. The van der Waals surface area contributed by atoms with Gasteiger partial charge in [0.25, 0.3) is 6.43 Å². The summed E-state index contributed by atoms with van der Waals surface area (Å²) in [5.41, 5.74) is 0.354. The summed E-state index contributed by atoms with van der Waals surface area (Å²) < 4.78 is 50.4. The van der Waals surface area contributed by atoms with E-state index in [0.29, 0.717) is 16.5 Å². The van der Waals surface area contributed by atoms with Gasteiger partial charge in [-0.1, -0.05) is 12.1 Å². The summed E-state index contributed by atoms with van der Waals surface area (Å²) >= 11 is 0. The Balaban J connectivity index is 3.18. The first-order valence-corrected chi connectivity index (χ1v) is 7.59. The van der Waals surface area contributed by atoms with Gasteiger partial charge in [-0.25, -0.2) is 17.2 Å². The van der Waals surface area contributed by atoms with E-state index in [1.165, 1.54) is 12.1 Å². The van der Waals surface area contributed by atoms with Gasteiger partial charge in [-0.2, -0.15) is 4.31 Å². The Bertz CT molecular complexity index is 523. The number of halogens is 2. The third-order valence-corrected chi connectivity index (χ3v) is 4.49. The van der Waals surface area contributed by atoms with Crippen molar-refractivity contribution < 1.29 is 22.3 Å². The van der Waals surface area contributed by atoms with Crippen molar-refractivity contribution in [2.45, 2.75) is 18.2 Å². The van der Waals surface area contributed by atoms with Crippen molar-refractivity contribution in [1.82, 2.24) is 4.31 Å². The monoisotopic (exact) mass is 308 g/mol. The Kier molecular flexibility index (Phi) is 6.31. The van der Waals surface area contributed by atoms with Gasteiger partial charge < -0.3 is 10.4 Å². The number of nitrogens with one attached hydrogen (secondary N) is 1. The lowest BCUT2D eigenvalue weighted by atomic mass is 10.3. The third kappa shape index (κ3) is 4.12. The van der Waals surface area contributed by atoms with Gasteiger partial charge in [0.1, 0.15) is 4.90 Å². The van der Waals surface area contributed by atoms with Gasteiger partial charge in [0.15, 0.2) is 0 Å². The van der Waals surface area contributed by atoms with Crippen LogP contribution in [0.15, 0.2) is 29.2 Å². The van der Waals surface area contributed by atoms with Crippen LogP contribution >= 0.6 is 0 Å². The van der Waals surface area contributed by atoms with E-state index in [1.54, 1.807) is 19.1 Å². The molecule has 0 aromatic heterocycles. The molecule has 8 heteroatoms. The highest BCUT2D eigenvalue weighted by molar-refractivity contribution is 7.89. The quantitative estimate of drug-likeness (QED) is 0.761. The van der Waals surface area contributed by atoms with Crippen molar-refractivity contribution in [2.75, 3.05) is 31.6 Å². The van der Waals surface area contributed by atoms with Crippen LogP contribution < -0.4 is 5.32 Å². The molecule has 1 aromatic rings. The minimum atomic E-state index is -4.08. The van der Waals surface area contributed by atoms with E-state index in [2.05, 4.69) is 5.32 Å². The fourth-order valence-corrected chi connectivity index (χ4v) is 3.32. The second-order valence-corrected chi connectivity index (χ2v) is 5.91. The molecule has 114 valence electrons. The molecule has 0 bridgehead atoms. The highest BCUT2D eigenvalue weighted by Crippen LogP contribution is 2.24. The predicted octanol–water partition coefficient (Wildman–Crippen LogP) is 1.37. The van der Waals surface area contributed by atoms with Crippen molar-refractivity contribution >= 4 is 15.7 Å². The maximum atomic E-state index is 12.5. The number of alkyl halides is 2. The maximum Gasteiger partial charge on any atom is 0.252 e. The van der Waals surface area contributed by atoms with Gasteiger partial charge in [-0.15, -0.1) is 0 Å². The Morgan fingerprint density at radius 2 is 2.00 bits per heavy atom. The largest absolute Gasteiger partial charge is 0.395 e. The normalized spacial score (nSPS) is 12.1. The van der Waals surface area contributed by atoms with Gasteiger partial charge in [0.05, 0.1) is 18.8 Å². The number of rotatable bonds is 8. The molecule has 0 aliphatic carbocycles. The van der Waals surface area contributed by atoms with Crippen molar-refractivity contribution in [3.63, 3.8) is 0 Å². The number of hydrogen-bond acceptors (Lipinski definition) is 4. The zero-order valence-electron chi connectivity index (χ0n) is 11.1. The van der Waals surface area contributed by atoms with E-state index in [0.717, 1.165) is 0 Å². The zero-order chi connectivity index (χ0) is 15.2. The molecule has 0 saturated carbocycles. The molecule has 20 heavy (non-hydrogen) atoms. The highest BCUT2D eigenvalue weighted by atomic mass is 32.2.